The zero-order valence-corrected chi connectivity index (χ0v) is 15.4. The molecular weight excluding hydrogens is 358 g/mol. The van der Waals surface area contributed by atoms with Crippen molar-refractivity contribution in [1.29, 1.82) is 0 Å². The Bertz CT molecular complexity index is 1040. The average Bonchev–Trinajstić information content (AvgIpc) is 2.73. The highest BCUT2D eigenvalue weighted by atomic mass is 16.5. The van der Waals surface area contributed by atoms with Gasteiger partial charge < -0.3 is 14.8 Å². The van der Waals surface area contributed by atoms with E-state index in [1.54, 1.807) is 24.3 Å². The number of hydrogen-bond acceptors (Lipinski definition) is 5. The largest absolute Gasteiger partial charge is 0.493 e. The first-order chi connectivity index (χ1) is 13.6. The molecular formula is C21H19N3O4. The quantitative estimate of drug-likeness (QED) is 0.406. The number of ether oxygens (including phenoxy) is 2. The van der Waals surface area contributed by atoms with Crippen molar-refractivity contribution in [2.75, 3.05) is 19.5 Å². The van der Waals surface area contributed by atoms with E-state index in [0.29, 0.717) is 22.7 Å². The molecule has 3 aromatic carbocycles. The van der Waals surface area contributed by atoms with Crippen LogP contribution in [0, 0.1) is 0 Å². The molecule has 0 fully saturated rings. The van der Waals surface area contributed by atoms with Crippen molar-refractivity contribution in [2.45, 2.75) is 0 Å². The predicted molar refractivity (Wildman–Crippen MR) is 108 cm³/mol. The number of hydrazone groups is 1. The lowest BCUT2D eigenvalue weighted by Crippen LogP contribution is -2.32. The monoisotopic (exact) mass is 377 g/mol. The predicted octanol–water partition coefficient (Wildman–Crippen LogP) is 2.95. The third-order valence-corrected chi connectivity index (χ3v) is 4.05. The lowest BCUT2D eigenvalue weighted by atomic mass is 10.1. The minimum absolute atomic E-state index is 0.475. The molecule has 0 aliphatic heterocycles. The molecule has 0 aliphatic rings. The number of nitrogens with one attached hydrogen (secondary N) is 2. The Morgan fingerprint density at radius 3 is 2.43 bits per heavy atom. The molecule has 3 aromatic rings. The summed E-state index contributed by atoms with van der Waals surface area (Å²) in [6.07, 6.45) is 1.38. The maximum Gasteiger partial charge on any atom is 0.329 e. The number of hydrogen-bond donors (Lipinski definition) is 2. The van der Waals surface area contributed by atoms with E-state index >= 15 is 0 Å². The molecule has 0 bridgehead atoms. The highest BCUT2D eigenvalue weighted by molar-refractivity contribution is 6.40. The summed E-state index contributed by atoms with van der Waals surface area (Å²) in [5.74, 6) is -0.688. The summed E-state index contributed by atoms with van der Waals surface area (Å²) in [5, 5.41) is 8.24. The van der Waals surface area contributed by atoms with Crippen LogP contribution < -0.4 is 20.2 Å². The van der Waals surface area contributed by atoms with Crippen LogP contribution in [-0.2, 0) is 9.59 Å². The Kier molecular flexibility index (Phi) is 5.86. The Morgan fingerprint density at radius 1 is 0.893 bits per heavy atom. The van der Waals surface area contributed by atoms with E-state index in [4.69, 9.17) is 9.47 Å². The average molecular weight is 377 g/mol. The van der Waals surface area contributed by atoms with Crippen molar-refractivity contribution in [2.24, 2.45) is 5.10 Å². The van der Waals surface area contributed by atoms with Crippen LogP contribution in [0.3, 0.4) is 0 Å². The van der Waals surface area contributed by atoms with Crippen LogP contribution >= 0.6 is 0 Å². The molecule has 7 nitrogen and oxygen atoms in total. The summed E-state index contributed by atoms with van der Waals surface area (Å²) in [4.78, 5) is 24.2. The molecule has 0 aliphatic carbocycles. The highest BCUT2D eigenvalue weighted by Crippen LogP contribution is 2.29. The van der Waals surface area contributed by atoms with E-state index < -0.39 is 11.8 Å². The molecule has 2 amide bonds. The molecule has 0 saturated heterocycles. The van der Waals surface area contributed by atoms with Crippen molar-refractivity contribution in [3.8, 4) is 11.5 Å². The third kappa shape index (κ3) is 4.09. The number of para-hydroxylation sites is 1. The molecule has 0 aromatic heterocycles. The minimum Gasteiger partial charge on any atom is -0.493 e. The smallest absolute Gasteiger partial charge is 0.329 e. The number of nitrogens with zero attached hydrogens (tertiary/aromatic N) is 1. The summed E-state index contributed by atoms with van der Waals surface area (Å²) in [6.45, 7) is 0. The number of rotatable bonds is 5. The Morgan fingerprint density at radius 2 is 1.64 bits per heavy atom. The van der Waals surface area contributed by atoms with Gasteiger partial charge in [0.1, 0.15) is 0 Å². The van der Waals surface area contributed by atoms with Crippen LogP contribution in [0.5, 0.6) is 11.5 Å². The fourth-order valence-corrected chi connectivity index (χ4v) is 2.74. The van der Waals surface area contributed by atoms with Crippen molar-refractivity contribution in [3.05, 3.63) is 66.2 Å². The molecule has 0 heterocycles. The van der Waals surface area contributed by atoms with Crippen molar-refractivity contribution in [3.63, 3.8) is 0 Å². The van der Waals surface area contributed by atoms with Gasteiger partial charge in [0, 0.05) is 16.6 Å². The Hall–Kier alpha value is -3.87. The van der Waals surface area contributed by atoms with Gasteiger partial charge in [0.2, 0.25) is 0 Å². The summed E-state index contributed by atoms with van der Waals surface area (Å²) < 4.78 is 10.5. The van der Waals surface area contributed by atoms with E-state index in [-0.39, 0.29) is 0 Å². The number of carbonyl (C=O) groups excluding carboxylic acids is 2. The zero-order valence-electron chi connectivity index (χ0n) is 15.4. The molecule has 142 valence electrons. The topological polar surface area (TPSA) is 89.0 Å². The van der Waals surface area contributed by atoms with Gasteiger partial charge >= 0.3 is 11.8 Å². The van der Waals surface area contributed by atoms with Crippen LogP contribution in [0.15, 0.2) is 65.8 Å². The number of amides is 2. The minimum atomic E-state index is -0.883. The standard InChI is InChI=1S/C21H19N3O4/c1-27-18-12-6-9-15(19(18)28-2)13-22-24-21(26)20(25)23-17-11-5-8-14-7-3-4-10-16(14)17/h3-13H,1-2H3,(H,23,25)(H,24,26)/b22-13+. The Labute approximate surface area is 162 Å². The second-order valence-electron chi connectivity index (χ2n) is 5.76. The number of fused-ring (bicyclic) bond motifs is 1. The normalized spacial score (nSPS) is 10.6. The molecule has 3 rings (SSSR count). The van der Waals surface area contributed by atoms with Gasteiger partial charge in [-0.25, -0.2) is 5.43 Å². The van der Waals surface area contributed by atoms with Gasteiger partial charge in [-0.3, -0.25) is 9.59 Å². The summed E-state index contributed by atoms with van der Waals surface area (Å²) >= 11 is 0. The molecule has 0 spiro atoms. The first kappa shape index (κ1) is 18.9. The third-order valence-electron chi connectivity index (χ3n) is 4.05. The Balaban J connectivity index is 1.68. The van der Waals surface area contributed by atoms with E-state index in [2.05, 4.69) is 15.8 Å². The van der Waals surface area contributed by atoms with Crippen LogP contribution in [0.1, 0.15) is 5.56 Å². The van der Waals surface area contributed by atoms with Gasteiger partial charge in [-0.2, -0.15) is 5.10 Å². The van der Waals surface area contributed by atoms with Crippen molar-refractivity contribution in [1.82, 2.24) is 5.43 Å². The van der Waals surface area contributed by atoms with Crippen molar-refractivity contribution >= 4 is 34.5 Å². The second kappa shape index (κ2) is 8.68. The molecule has 0 radical (unpaired) electrons. The second-order valence-corrected chi connectivity index (χ2v) is 5.76. The van der Waals surface area contributed by atoms with Gasteiger partial charge in [0.05, 0.1) is 20.4 Å². The first-order valence-electron chi connectivity index (χ1n) is 8.47. The molecule has 0 atom stereocenters. The maximum atomic E-state index is 12.2. The molecule has 7 heteroatoms. The summed E-state index contributed by atoms with van der Waals surface area (Å²) in [7, 11) is 3.03. The van der Waals surface area contributed by atoms with Gasteiger partial charge in [-0.05, 0) is 23.6 Å². The SMILES string of the molecule is COc1cccc(/C=N/NC(=O)C(=O)Nc2cccc3ccccc23)c1OC. The van der Waals surface area contributed by atoms with Gasteiger partial charge in [0.15, 0.2) is 11.5 Å². The van der Waals surface area contributed by atoms with Crippen molar-refractivity contribution < 1.29 is 19.1 Å². The zero-order chi connectivity index (χ0) is 19.9. The maximum absolute atomic E-state index is 12.2. The van der Waals surface area contributed by atoms with E-state index in [0.717, 1.165) is 10.8 Å². The molecule has 0 unspecified atom stereocenters. The summed E-state index contributed by atoms with van der Waals surface area (Å²) in [5.41, 5.74) is 3.36. The number of methoxy groups -OCH3 is 2. The molecule has 28 heavy (non-hydrogen) atoms. The van der Waals surface area contributed by atoms with Crippen LogP contribution in [0.2, 0.25) is 0 Å². The number of benzene rings is 3. The van der Waals surface area contributed by atoms with E-state index in [9.17, 15) is 9.59 Å². The van der Waals surface area contributed by atoms with Crippen LogP contribution in [0.4, 0.5) is 5.69 Å². The fraction of sp³-hybridized carbons (Fsp3) is 0.0952. The number of anilines is 1. The van der Waals surface area contributed by atoms with Crippen LogP contribution in [0.25, 0.3) is 10.8 Å². The van der Waals surface area contributed by atoms with Gasteiger partial charge in [-0.15, -0.1) is 0 Å². The fourth-order valence-electron chi connectivity index (χ4n) is 2.74. The molecule has 0 saturated carbocycles. The van der Waals surface area contributed by atoms with E-state index in [1.807, 2.05) is 36.4 Å². The number of carbonyl (C=O) groups is 2. The van der Waals surface area contributed by atoms with Gasteiger partial charge in [0.25, 0.3) is 0 Å². The lowest BCUT2D eigenvalue weighted by Gasteiger charge is -2.09. The van der Waals surface area contributed by atoms with E-state index in [1.165, 1.54) is 20.4 Å². The summed E-state index contributed by atoms with van der Waals surface area (Å²) in [6, 6.07) is 18.3. The lowest BCUT2D eigenvalue weighted by molar-refractivity contribution is -0.136. The first-order valence-corrected chi connectivity index (χ1v) is 8.47. The van der Waals surface area contributed by atoms with Gasteiger partial charge in [-0.1, -0.05) is 42.5 Å². The molecule has 2 N–H and O–H groups in total. The highest BCUT2D eigenvalue weighted by Gasteiger charge is 2.14. The van der Waals surface area contributed by atoms with Crippen LogP contribution in [-0.4, -0.2) is 32.2 Å².